The molecule has 0 aliphatic heterocycles. The van der Waals surface area contributed by atoms with E-state index in [0.717, 1.165) is 6.54 Å². The summed E-state index contributed by atoms with van der Waals surface area (Å²) in [5.74, 6) is -0.669. The van der Waals surface area contributed by atoms with Crippen LogP contribution < -0.4 is 0 Å². The molecular weight excluding hydrogens is 232 g/mol. The first-order valence-corrected chi connectivity index (χ1v) is 6.02. The molecule has 1 aromatic rings. The predicted octanol–water partition coefficient (Wildman–Crippen LogP) is 1.65. The van der Waals surface area contributed by atoms with Gasteiger partial charge in [-0.25, -0.2) is 9.78 Å². The number of carbonyl (C=O) groups excluding carboxylic acids is 1. The molecule has 5 heteroatoms. The Morgan fingerprint density at radius 1 is 1.50 bits per heavy atom. The number of carboxylic acids is 1. The minimum Gasteiger partial charge on any atom is -0.477 e. The van der Waals surface area contributed by atoms with Crippen LogP contribution in [0.1, 0.15) is 40.1 Å². The SMILES string of the molecule is CN(CC1CCC1)C(=O)c1ccnc(C(=O)O)c1. The number of carbonyl (C=O) groups is 2. The van der Waals surface area contributed by atoms with Gasteiger partial charge in [-0.1, -0.05) is 6.42 Å². The van der Waals surface area contributed by atoms with Gasteiger partial charge in [-0.15, -0.1) is 0 Å². The van der Waals surface area contributed by atoms with Gasteiger partial charge in [0.15, 0.2) is 0 Å². The number of pyridine rings is 1. The van der Waals surface area contributed by atoms with E-state index in [1.807, 2.05) is 0 Å². The molecule has 1 N–H and O–H groups in total. The molecule has 1 aromatic heterocycles. The summed E-state index contributed by atoms with van der Waals surface area (Å²) >= 11 is 0. The number of aromatic carboxylic acids is 1. The normalized spacial score (nSPS) is 14.9. The summed E-state index contributed by atoms with van der Waals surface area (Å²) in [7, 11) is 1.75. The monoisotopic (exact) mass is 248 g/mol. The van der Waals surface area contributed by atoms with Crippen molar-refractivity contribution in [3.63, 3.8) is 0 Å². The first-order chi connectivity index (χ1) is 8.58. The third kappa shape index (κ3) is 2.67. The van der Waals surface area contributed by atoms with Crippen molar-refractivity contribution in [3.8, 4) is 0 Å². The van der Waals surface area contributed by atoms with Crippen LogP contribution >= 0.6 is 0 Å². The molecule has 5 nitrogen and oxygen atoms in total. The number of aromatic nitrogens is 1. The van der Waals surface area contributed by atoms with Crippen LogP contribution in [0.5, 0.6) is 0 Å². The maximum absolute atomic E-state index is 12.1. The molecular formula is C13H16N2O3. The molecule has 1 aliphatic rings. The molecule has 96 valence electrons. The summed E-state index contributed by atoms with van der Waals surface area (Å²) < 4.78 is 0. The fraction of sp³-hybridized carbons (Fsp3) is 0.462. The second-order valence-electron chi connectivity index (χ2n) is 4.72. The van der Waals surface area contributed by atoms with Gasteiger partial charge < -0.3 is 10.0 Å². The van der Waals surface area contributed by atoms with Gasteiger partial charge >= 0.3 is 5.97 Å². The lowest BCUT2D eigenvalue weighted by molar-refractivity contribution is 0.0690. The van der Waals surface area contributed by atoms with Gasteiger partial charge in [0.25, 0.3) is 5.91 Å². The molecule has 0 radical (unpaired) electrons. The summed E-state index contributed by atoms with van der Waals surface area (Å²) in [6.45, 7) is 0.740. The molecule has 1 fully saturated rings. The highest BCUT2D eigenvalue weighted by Gasteiger charge is 2.22. The van der Waals surface area contributed by atoms with Gasteiger partial charge in [-0.05, 0) is 30.9 Å². The molecule has 0 bridgehead atoms. The Kier molecular flexibility index (Phi) is 3.60. The Morgan fingerprint density at radius 3 is 2.78 bits per heavy atom. The summed E-state index contributed by atoms with van der Waals surface area (Å²) in [5.41, 5.74) is 0.280. The van der Waals surface area contributed by atoms with E-state index in [1.54, 1.807) is 18.0 Å². The van der Waals surface area contributed by atoms with Crippen molar-refractivity contribution < 1.29 is 14.7 Å². The van der Waals surface area contributed by atoms with E-state index < -0.39 is 5.97 Å². The molecule has 0 unspecified atom stereocenters. The Labute approximate surface area is 105 Å². The fourth-order valence-electron chi connectivity index (χ4n) is 2.05. The van der Waals surface area contributed by atoms with Gasteiger partial charge in [0.05, 0.1) is 0 Å². The molecule has 0 atom stereocenters. The zero-order valence-electron chi connectivity index (χ0n) is 10.3. The van der Waals surface area contributed by atoms with E-state index in [2.05, 4.69) is 4.98 Å². The van der Waals surface area contributed by atoms with Gasteiger partial charge in [0.2, 0.25) is 0 Å². The minimum absolute atomic E-state index is 0.0992. The van der Waals surface area contributed by atoms with Gasteiger partial charge in [0, 0.05) is 25.4 Å². The maximum Gasteiger partial charge on any atom is 0.354 e. The van der Waals surface area contributed by atoms with Gasteiger partial charge in [-0.3, -0.25) is 4.79 Å². The number of rotatable bonds is 4. The smallest absolute Gasteiger partial charge is 0.354 e. The van der Waals surface area contributed by atoms with Crippen LogP contribution in [-0.4, -0.2) is 40.5 Å². The molecule has 1 aliphatic carbocycles. The largest absolute Gasteiger partial charge is 0.477 e. The van der Waals surface area contributed by atoms with E-state index in [4.69, 9.17) is 5.11 Å². The van der Waals surface area contributed by atoms with E-state index in [9.17, 15) is 9.59 Å². The number of hydrogen-bond donors (Lipinski definition) is 1. The van der Waals surface area contributed by atoms with E-state index in [1.165, 1.54) is 31.5 Å². The first kappa shape index (κ1) is 12.5. The lowest BCUT2D eigenvalue weighted by atomic mass is 9.85. The first-order valence-electron chi connectivity index (χ1n) is 6.02. The summed E-state index contributed by atoms with van der Waals surface area (Å²) in [4.78, 5) is 28.2. The number of carboxylic acid groups (broad SMARTS) is 1. The molecule has 0 spiro atoms. The Bertz CT molecular complexity index is 469. The highest BCUT2D eigenvalue weighted by molar-refractivity contribution is 5.96. The van der Waals surface area contributed by atoms with Crippen molar-refractivity contribution in [1.82, 2.24) is 9.88 Å². The van der Waals surface area contributed by atoms with Crippen LogP contribution in [0, 0.1) is 5.92 Å². The summed E-state index contributed by atoms with van der Waals surface area (Å²) in [5, 5.41) is 8.83. The van der Waals surface area contributed by atoms with E-state index in [-0.39, 0.29) is 11.6 Å². The van der Waals surface area contributed by atoms with Crippen molar-refractivity contribution in [1.29, 1.82) is 0 Å². The van der Waals surface area contributed by atoms with E-state index >= 15 is 0 Å². The van der Waals surface area contributed by atoms with Gasteiger partial charge in [-0.2, -0.15) is 0 Å². The maximum atomic E-state index is 12.1. The topological polar surface area (TPSA) is 70.5 Å². The Morgan fingerprint density at radius 2 is 2.22 bits per heavy atom. The fourth-order valence-corrected chi connectivity index (χ4v) is 2.05. The average Bonchev–Trinajstić information content (AvgIpc) is 2.32. The number of amides is 1. The minimum atomic E-state index is -1.12. The third-order valence-electron chi connectivity index (χ3n) is 3.33. The van der Waals surface area contributed by atoms with Crippen LogP contribution in [-0.2, 0) is 0 Å². The summed E-state index contributed by atoms with van der Waals surface area (Å²) in [6, 6.07) is 2.87. The highest BCUT2D eigenvalue weighted by Crippen LogP contribution is 2.27. The predicted molar refractivity (Wildman–Crippen MR) is 65.5 cm³/mol. The van der Waals surface area contributed by atoms with Crippen LogP contribution in [0.2, 0.25) is 0 Å². The quantitative estimate of drug-likeness (QED) is 0.879. The zero-order chi connectivity index (χ0) is 13.1. The van der Waals surface area contributed by atoms with Gasteiger partial charge in [0.1, 0.15) is 5.69 Å². The lowest BCUT2D eigenvalue weighted by Crippen LogP contribution is -2.34. The third-order valence-corrected chi connectivity index (χ3v) is 3.33. The van der Waals surface area contributed by atoms with Crippen molar-refractivity contribution >= 4 is 11.9 Å². The average molecular weight is 248 g/mol. The second kappa shape index (κ2) is 5.16. The van der Waals surface area contributed by atoms with Crippen LogP contribution in [0.4, 0.5) is 0 Å². The van der Waals surface area contributed by atoms with Crippen molar-refractivity contribution in [2.75, 3.05) is 13.6 Å². The lowest BCUT2D eigenvalue weighted by Gasteiger charge is -2.30. The molecule has 0 saturated heterocycles. The molecule has 1 saturated carbocycles. The molecule has 18 heavy (non-hydrogen) atoms. The highest BCUT2D eigenvalue weighted by atomic mass is 16.4. The van der Waals surface area contributed by atoms with Crippen LogP contribution in [0.25, 0.3) is 0 Å². The van der Waals surface area contributed by atoms with Crippen LogP contribution in [0.3, 0.4) is 0 Å². The molecule has 2 rings (SSSR count). The van der Waals surface area contributed by atoms with Crippen molar-refractivity contribution in [2.24, 2.45) is 5.92 Å². The van der Waals surface area contributed by atoms with E-state index in [0.29, 0.717) is 11.5 Å². The van der Waals surface area contributed by atoms with Crippen LogP contribution in [0.15, 0.2) is 18.3 Å². The number of hydrogen-bond acceptors (Lipinski definition) is 3. The van der Waals surface area contributed by atoms with Crippen molar-refractivity contribution in [2.45, 2.75) is 19.3 Å². The Hall–Kier alpha value is -1.91. The Balaban J connectivity index is 2.07. The second-order valence-corrected chi connectivity index (χ2v) is 4.72. The molecule has 1 heterocycles. The standard InChI is InChI=1S/C13H16N2O3/c1-15(8-9-3-2-4-9)12(16)10-5-6-14-11(7-10)13(17)18/h5-7,9H,2-4,8H2,1H3,(H,17,18). The number of nitrogens with zero attached hydrogens (tertiary/aromatic N) is 2. The van der Waals surface area contributed by atoms with Crippen molar-refractivity contribution in [3.05, 3.63) is 29.6 Å². The summed E-state index contributed by atoms with van der Waals surface area (Å²) in [6.07, 6.45) is 4.95. The molecule has 1 amide bonds. The molecule has 0 aromatic carbocycles. The zero-order valence-corrected chi connectivity index (χ0v) is 10.3.